The van der Waals surface area contributed by atoms with Crippen LogP contribution in [0.4, 0.5) is 0 Å². The fourth-order valence-electron chi connectivity index (χ4n) is 4.03. The fraction of sp³-hybridized carbons (Fsp3) is 0.696. The van der Waals surface area contributed by atoms with Gasteiger partial charge >= 0.3 is 0 Å². The maximum absolute atomic E-state index is 12.7. The Bertz CT molecular complexity index is 733. The SMILES string of the molecule is CN(C)C(=O)CN=C(NCCc1ccco1)N1CCN(CC(=O)N2CCCCCC2)CC1. The van der Waals surface area contributed by atoms with Gasteiger partial charge in [-0.1, -0.05) is 12.8 Å². The molecule has 0 unspecified atom stereocenters. The molecule has 2 fully saturated rings. The second-order valence-corrected chi connectivity index (χ2v) is 8.74. The van der Waals surface area contributed by atoms with Crippen molar-refractivity contribution < 1.29 is 14.0 Å². The first-order valence-corrected chi connectivity index (χ1v) is 11.8. The van der Waals surface area contributed by atoms with Gasteiger partial charge in [0, 0.05) is 66.3 Å². The molecule has 0 atom stereocenters. The standard InChI is InChI=1S/C23H38N6O3/c1-26(2)21(30)18-25-23(24-10-9-20-8-7-17-32-20)29-15-13-27(14-16-29)19-22(31)28-11-5-3-4-6-12-28/h7-8,17H,3-6,9-16,18-19H2,1-2H3,(H,24,25). The molecule has 0 aliphatic carbocycles. The number of aliphatic imine (C=N–C) groups is 1. The van der Waals surface area contributed by atoms with Crippen LogP contribution in [0.15, 0.2) is 27.8 Å². The van der Waals surface area contributed by atoms with Gasteiger partial charge in [0.1, 0.15) is 12.3 Å². The second-order valence-electron chi connectivity index (χ2n) is 8.74. The predicted molar refractivity (Wildman–Crippen MR) is 124 cm³/mol. The Morgan fingerprint density at radius 2 is 1.75 bits per heavy atom. The molecular formula is C23H38N6O3. The van der Waals surface area contributed by atoms with E-state index in [-0.39, 0.29) is 18.4 Å². The third-order valence-corrected chi connectivity index (χ3v) is 6.09. The summed E-state index contributed by atoms with van der Waals surface area (Å²) in [5, 5.41) is 3.39. The van der Waals surface area contributed by atoms with Crippen molar-refractivity contribution in [1.29, 1.82) is 0 Å². The summed E-state index contributed by atoms with van der Waals surface area (Å²) < 4.78 is 5.40. The molecule has 2 aliphatic heterocycles. The third kappa shape index (κ3) is 7.55. The van der Waals surface area contributed by atoms with Crippen LogP contribution >= 0.6 is 0 Å². The summed E-state index contributed by atoms with van der Waals surface area (Å²) >= 11 is 0. The highest BCUT2D eigenvalue weighted by molar-refractivity contribution is 5.85. The molecule has 32 heavy (non-hydrogen) atoms. The van der Waals surface area contributed by atoms with Crippen LogP contribution in [0.5, 0.6) is 0 Å². The number of hydrogen-bond donors (Lipinski definition) is 1. The first-order valence-electron chi connectivity index (χ1n) is 11.8. The molecule has 1 N–H and O–H groups in total. The highest BCUT2D eigenvalue weighted by Gasteiger charge is 2.24. The zero-order valence-corrected chi connectivity index (χ0v) is 19.6. The molecule has 3 rings (SSSR count). The summed E-state index contributed by atoms with van der Waals surface area (Å²) in [7, 11) is 3.48. The van der Waals surface area contributed by atoms with E-state index in [1.165, 1.54) is 12.8 Å². The molecule has 2 aliphatic rings. The Labute approximate surface area is 191 Å². The Morgan fingerprint density at radius 3 is 2.38 bits per heavy atom. The number of piperazine rings is 1. The van der Waals surface area contributed by atoms with E-state index in [0.717, 1.165) is 70.3 Å². The van der Waals surface area contributed by atoms with Crippen LogP contribution in [0, 0.1) is 0 Å². The second kappa shape index (κ2) is 12.5. The van der Waals surface area contributed by atoms with Crippen molar-refractivity contribution in [2.75, 3.05) is 73.0 Å². The van der Waals surface area contributed by atoms with Crippen LogP contribution in [-0.4, -0.2) is 110 Å². The van der Waals surface area contributed by atoms with Crippen molar-refractivity contribution in [1.82, 2.24) is 24.9 Å². The van der Waals surface area contributed by atoms with Crippen molar-refractivity contribution in [3.05, 3.63) is 24.2 Å². The van der Waals surface area contributed by atoms with Gasteiger partial charge in [0.15, 0.2) is 5.96 Å². The number of guanidine groups is 1. The first kappa shape index (κ1) is 24.1. The summed E-state index contributed by atoms with van der Waals surface area (Å²) in [6.45, 7) is 6.24. The molecule has 9 nitrogen and oxygen atoms in total. The summed E-state index contributed by atoms with van der Waals surface area (Å²) in [4.78, 5) is 37.3. The van der Waals surface area contributed by atoms with E-state index in [2.05, 4.69) is 20.1 Å². The van der Waals surface area contributed by atoms with Crippen molar-refractivity contribution in [3.8, 4) is 0 Å². The molecule has 3 heterocycles. The van der Waals surface area contributed by atoms with E-state index in [4.69, 9.17) is 4.42 Å². The lowest BCUT2D eigenvalue weighted by Gasteiger charge is -2.37. The van der Waals surface area contributed by atoms with E-state index < -0.39 is 0 Å². The third-order valence-electron chi connectivity index (χ3n) is 6.09. The molecule has 9 heteroatoms. The zero-order valence-electron chi connectivity index (χ0n) is 19.6. The normalized spacial score (nSPS) is 18.4. The highest BCUT2D eigenvalue weighted by Crippen LogP contribution is 2.11. The van der Waals surface area contributed by atoms with Gasteiger partial charge in [0.25, 0.3) is 0 Å². The molecule has 1 aromatic heterocycles. The molecule has 2 amide bonds. The monoisotopic (exact) mass is 446 g/mol. The van der Waals surface area contributed by atoms with E-state index in [1.807, 2.05) is 17.0 Å². The summed E-state index contributed by atoms with van der Waals surface area (Å²) in [6, 6.07) is 3.83. The number of furan rings is 1. The van der Waals surface area contributed by atoms with Gasteiger partial charge in [-0.2, -0.15) is 0 Å². The lowest BCUT2D eigenvalue weighted by Crippen LogP contribution is -2.54. The molecular weight excluding hydrogens is 408 g/mol. The van der Waals surface area contributed by atoms with Gasteiger partial charge in [-0.25, -0.2) is 4.99 Å². The summed E-state index contributed by atoms with van der Waals surface area (Å²) in [5.41, 5.74) is 0. The molecule has 0 spiro atoms. The molecule has 0 bridgehead atoms. The minimum atomic E-state index is -0.0305. The number of likely N-dealkylation sites (N-methyl/N-ethyl adjacent to an activating group) is 1. The van der Waals surface area contributed by atoms with Crippen molar-refractivity contribution in [3.63, 3.8) is 0 Å². The number of carbonyl (C=O) groups is 2. The smallest absolute Gasteiger partial charge is 0.243 e. The number of rotatable bonds is 7. The number of carbonyl (C=O) groups excluding carboxylic acids is 2. The van der Waals surface area contributed by atoms with Crippen molar-refractivity contribution in [2.24, 2.45) is 4.99 Å². The van der Waals surface area contributed by atoms with Gasteiger partial charge in [0.2, 0.25) is 11.8 Å². The van der Waals surface area contributed by atoms with Gasteiger partial charge in [0.05, 0.1) is 12.8 Å². The minimum absolute atomic E-state index is 0.0305. The molecule has 2 saturated heterocycles. The molecule has 1 aromatic rings. The van der Waals surface area contributed by atoms with Crippen LogP contribution in [0.2, 0.25) is 0 Å². The van der Waals surface area contributed by atoms with Gasteiger partial charge < -0.3 is 24.4 Å². The van der Waals surface area contributed by atoms with E-state index >= 15 is 0 Å². The lowest BCUT2D eigenvalue weighted by molar-refractivity contribution is -0.132. The lowest BCUT2D eigenvalue weighted by atomic mass is 10.2. The van der Waals surface area contributed by atoms with Gasteiger partial charge in [-0.15, -0.1) is 0 Å². The molecule has 178 valence electrons. The average Bonchev–Trinajstić information content (AvgIpc) is 3.15. The number of amides is 2. The van der Waals surface area contributed by atoms with E-state index in [9.17, 15) is 9.59 Å². The first-order chi connectivity index (χ1) is 15.5. The number of nitrogens with one attached hydrogen (secondary N) is 1. The highest BCUT2D eigenvalue weighted by atomic mass is 16.3. The minimum Gasteiger partial charge on any atom is -0.469 e. The van der Waals surface area contributed by atoms with E-state index in [1.54, 1.807) is 25.3 Å². The van der Waals surface area contributed by atoms with Crippen LogP contribution in [-0.2, 0) is 16.0 Å². The molecule has 0 radical (unpaired) electrons. The summed E-state index contributed by atoms with van der Waals surface area (Å²) in [5.74, 6) is 1.88. The van der Waals surface area contributed by atoms with Crippen LogP contribution in [0.3, 0.4) is 0 Å². The quantitative estimate of drug-likeness (QED) is 0.494. The van der Waals surface area contributed by atoms with Gasteiger partial charge in [-0.05, 0) is 25.0 Å². The maximum Gasteiger partial charge on any atom is 0.243 e. The predicted octanol–water partition coefficient (Wildman–Crippen LogP) is 0.876. The molecule has 0 aromatic carbocycles. The Kier molecular flexibility index (Phi) is 9.40. The fourth-order valence-corrected chi connectivity index (χ4v) is 4.03. The van der Waals surface area contributed by atoms with Gasteiger partial charge in [-0.3, -0.25) is 14.5 Å². The maximum atomic E-state index is 12.7. The van der Waals surface area contributed by atoms with Crippen molar-refractivity contribution in [2.45, 2.75) is 32.1 Å². The number of likely N-dealkylation sites (tertiary alicyclic amines) is 1. The van der Waals surface area contributed by atoms with Crippen LogP contribution in [0.1, 0.15) is 31.4 Å². The largest absolute Gasteiger partial charge is 0.469 e. The Balaban J connectivity index is 1.50. The van der Waals surface area contributed by atoms with Crippen molar-refractivity contribution >= 4 is 17.8 Å². The zero-order chi connectivity index (χ0) is 22.8. The average molecular weight is 447 g/mol. The Hall–Kier alpha value is -2.55. The molecule has 0 saturated carbocycles. The topological polar surface area (TPSA) is 84.6 Å². The summed E-state index contributed by atoms with van der Waals surface area (Å²) in [6.07, 6.45) is 7.12. The number of hydrogen-bond acceptors (Lipinski definition) is 5. The number of nitrogens with zero attached hydrogens (tertiary/aromatic N) is 5. The van der Waals surface area contributed by atoms with E-state index in [0.29, 0.717) is 13.1 Å². The van der Waals surface area contributed by atoms with Crippen LogP contribution < -0.4 is 5.32 Å². The van der Waals surface area contributed by atoms with Crippen LogP contribution in [0.25, 0.3) is 0 Å². The Morgan fingerprint density at radius 1 is 1.03 bits per heavy atom.